The summed E-state index contributed by atoms with van der Waals surface area (Å²) in [5.41, 5.74) is 5.37. The van der Waals surface area contributed by atoms with Gasteiger partial charge in [-0.25, -0.2) is 4.98 Å². The Bertz CT molecular complexity index is 556. The molecule has 0 fully saturated rings. The van der Waals surface area contributed by atoms with E-state index in [0.717, 1.165) is 10.8 Å². The predicted molar refractivity (Wildman–Crippen MR) is 73.8 cm³/mol. The smallest absolute Gasteiger partial charge is 0.134 e. The third kappa shape index (κ3) is 3.45. The van der Waals surface area contributed by atoms with Crippen molar-refractivity contribution in [1.82, 2.24) is 4.98 Å². The zero-order valence-corrected chi connectivity index (χ0v) is 11.1. The quantitative estimate of drug-likeness (QED) is 0.654. The van der Waals surface area contributed by atoms with Gasteiger partial charge in [0.1, 0.15) is 11.6 Å². The van der Waals surface area contributed by atoms with Crippen molar-refractivity contribution in [1.29, 1.82) is 5.41 Å². The Labute approximate surface area is 114 Å². The highest BCUT2D eigenvalue weighted by Gasteiger charge is 2.04. The summed E-state index contributed by atoms with van der Waals surface area (Å²) in [5, 5.41) is 8.84. The fourth-order valence-electron chi connectivity index (χ4n) is 1.36. The maximum absolute atomic E-state index is 7.29. The van der Waals surface area contributed by atoms with Gasteiger partial charge in [-0.3, -0.25) is 5.41 Å². The molecule has 0 atom stereocenters. The first-order valence-corrected chi connectivity index (χ1v) is 6.52. The van der Waals surface area contributed by atoms with Crippen LogP contribution in [0.4, 0.5) is 0 Å². The van der Waals surface area contributed by atoms with Crippen LogP contribution in [0.3, 0.4) is 0 Å². The molecule has 0 saturated heterocycles. The number of hydrogen-bond donors (Lipinski definition) is 2. The Morgan fingerprint density at radius 1 is 1.50 bits per heavy atom. The number of nitrogen functional groups attached to an aromatic ring is 1. The molecule has 1 heterocycles. The number of nitrogens with two attached hydrogens (primary N) is 1. The molecule has 0 spiro atoms. The van der Waals surface area contributed by atoms with Gasteiger partial charge in [-0.15, -0.1) is 11.3 Å². The third-order valence-corrected chi connectivity index (χ3v) is 3.53. The highest BCUT2D eigenvalue weighted by atomic mass is 35.5. The fourth-order valence-corrected chi connectivity index (χ4v) is 2.30. The second-order valence-electron chi connectivity index (χ2n) is 3.59. The van der Waals surface area contributed by atoms with Crippen LogP contribution in [0.1, 0.15) is 9.88 Å². The molecule has 18 heavy (non-hydrogen) atoms. The number of ether oxygens (including phenoxy) is 1. The minimum Gasteiger partial charge on any atom is -0.493 e. The van der Waals surface area contributed by atoms with E-state index in [4.69, 9.17) is 27.5 Å². The van der Waals surface area contributed by atoms with E-state index in [0.29, 0.717) is 22.9 Å². The van der Waals surface area contributed by atoms with Crippen molar-refractivity contribution in [2.45, 2.75) is 6.42 Å². The Hall–Kier alpha value is -1.59. The van der Waals surface area contributed by atoms with Crippen molar-refractivity contribution in [3.8, 4) is 5.75 Å². The average Bonchev–Trinajstić information content (AvgIpc) is 2.78. The predicted octanol–water partition coefficient (Wildman–Crippen LogP) is 2.70. The zero-order chi connectivity index (χ0) is 13.0. The molecule has 4 nitrogen and oxygen atoms in total. The molecule has 0 bridgehead atoms. The average molecular weight is 282 g/mol. The van der Waals surface area contributed by atoms with E-state index in [9.17, 15) is 0 Å². The second kappa shape index (κ2) is 5.84. The van der Waals surface area contributed by atoms with E-state index in [1.165, 1.54) is 11.3 Å². The molecule has 0 radical (unpaired) electrons. The summed E-state index contributed by atoms with van der Waals surface area (Å²) < 4.78 is 5.56. The van der Waals surface area contributed by atoms with Gasteiger partial charge in [0, 0.05) is 17.6 Å². The fraction of sp³-hybridized carbons (Fsp3) is 0.167. The van der Waals surface area contributed by atoms with E-state index in [1.807, 2.05) is 12.1 Å². The van der Waals surface area contributed by atoms with Gasteiger partial charge in [0.15, 0.2) is 0 Å². The number of nitrogens with zero attached hydrogens (tertiary/aromatic N) is 1. The molecule has 0 saturated carbocycles. The van der Waals surface area contributed by atoms with Crippen LogP contribution >= 0.6 is 22.9 Å². The van der Waals surface area contributed by atoms with Crippen molar-refractivity contribution in [3.63, 3.8) is 0 Å². The first-order chi connectivity index (χ1) is 8.65. The minimum absolute atomic E-state index is 0.0505. The normalized spacial score (nSPS) is 10.3. The number of thiazole rings is 1. The summed E-state index contributed by atoms with van der Waals surface area (Å²) >= 11 is 7.26. The first-order valence-electron chi connectivity index (χ1n) is 5.32. The van der Waals surface area contributed by atoms with E-state index >= 15 is 0 Å². The second-order valence-corrected chi connectivity index (χ2v) is 5.14. The van der Waals surface area contributed by atoms with Gasteiger partial charge in [0.05, 0.1) is 16.5 Å². The van der Waals surface area contributed by atoms with Gasteiger partial charge in [-0.2, -0.15) is 0 Å². The largest absolute Gasteiger partial charge is 0.493 e. The lowest BCUT2D eigenvalue weighted by Gasteiger charge is -2.04. The molecule has 0 amide bonds. The summed E-state index contributed by atoms with van der Waals surface area (Å²) in [6, 6.07) is 7.27. The highest BCUT2D eigenvalue weighted by Crippen LogP contribution is 2.18. The summed E-state index contributed by atoms with van der Waals surface area (Å²) in [6.07, 6.45) is 2.30. The van der Waals surface area contributed by atoms with E-state index < -0.39 is 0 Å². The molecule has 3 N–H and O–H groups in total. The highest BCUT2D eigenvalue weighted by molar-refractivity contribution is 7.13. The van der Waals surface area contributed by atoms with Gasteiger partial charge in [-0.05, 0) is 18.2 Å². The molecule has 0 unspecified atom stereocenters. The lowest BCUT2D eigenvalue weighted by atomic mass is 10.3. The van der Waals surface area contributed by atoms with Crippen LogP contribution in [-0.4, -0.2) is 17.4 Å². The number of benzene rings is 1. The zero-order valence-electron chi connectivity index (χ0n) is 9.52. The van der Waals surface area contributed by atoms with Crippen LogP contribution in [-0.2, 0) is 6.42 Å². The summed E-state index contributed by atoms with van der Waals surface area (Å²) in [7, 11) is 0. The lowest BCUT2D eigenvalue weighted by molar-refractivity contribution is 0.322. The van der Waals surface area contributed by atoms with Crippen LogP contribution in [0.15, 0.2) is 30.5 Å². The van der Waals surface area contributed by atoms with Crippen LogP contribution in [0.5, 0.6) is 5.75 Å². The molecule has 0 aliphatic heterocycles. The van der Waals surface area contributed by atoms with Crippen molar-refractivity contribution >= 4 is 28.8 Å². The van der Waals surface area contributed by atoms with Gasteiger partial charge >= 0.3 is 0 Å². The molecular formula is C12H12ClN3OS. The molecule has 1 aromatic heterocycles. The number of nitrogens with one attached hydrogen (secondary N) is 1. The van der Waals surface area contributed by atoms with E-state index in [1.54, 1.807) is 18.3 Å². The Balaban J connectivity index is 1.86. The van der Waals surface area contributed by atoms with Crippen molar-refractivity contribution in [2.24, 2.45) is 5.73 Å². The maximum atomic E-state index is 7.29. The molecule has 0 aliphatic carbocycles. The maximum Gasteiger partial charge on any atom is 0.134 e. The van der Waals surface area contributed by atoms with Gasteiger partial charge in [0.2, 0.25) is 0 Å². The molecule has 0 aliphatic rings. The number of hydrogen-bond acceptors (Lipinski definition) is 4. The van der Waals surface area contributed by atoms with Crippen molar-refractivity contribution in [3.05, 3.63) is 45.4 Å². The molecule has 94 valence electrons. The monoisotopic (exact) mass is 281 g/mol. The molecule has 2 aromatic rings. The topological polar surface area (TPSA) is 72.0 Å². The standard InChI is InChI=1S/C12H12ClN3OS/c13-8-2-1-3-9(6-8)17-5-4-11-16-7-10(18-11)12(14)15/h1-3,6-7H,4-5H2,(H3,14,15). The first kappa shape index (κ1) is 12.9. The third-order valence-electron chi connectivity index (χ3n) is 2.20. The Morgan fingerprint density at radius 3 is 3.00 bits per heavy atom. The Morgan fingerprint density at radius 2 is 2.33 bits per heavy atom. The molecular weight excluding hydrogens is 270 g/mol. The van der Waals surface area contributed by atoms with Crippen molar-refractivity contribution < 1.29 is 4.74 Å². The molecule has 2 rings (SSSR count). The van der Waals surface area contributed by atoms with Gasteiger partial charge in [0.25, 0.3) is 0 Å². The van der Waals surface area contributed by atoms with Crippen LogP contribution in [0, 0.1) is 5.41 Å². The number of rotatable bonds is 5. The molecule has 6 heteroatoms. The van der Waals surface area contributed by atoms with E-state index in [2.05, 4.69) is 4.98 Å². The van der Waals surface area contributed by atoms with Gasteiger partial charge < -0.3 is 10.5 Å². The van der Waals surface area contributed by atoms with Gasteiger partial charge in [-0.1, -0.05) is 17.7 Å². The Kier molecular flexibility index (Phi) is 4.17. The summed E-state index contributed by atoms with van der Waals surface area (Å²) in [6.45, 7) is 0.519. The number of aromatic nitrogens is 1. The van der Waals surface area contributed by atoms with E-state index in [-0.39, 0.29) is 5.84 Å². The number of halogens is 1. The van der Waals surface area contributed by atoms with Crippen LogP contribution in [0.25, 0.3) is 0 Å². The summed E-state index contributed by atoms with van der Waals surface area (Å²) in [4.78, 5) is 4.87. The van der Waals surface area contributed by atoms with Crippen LogP contribution < -0.4 is 10.5 Å². The minimum atomic E-state index is 0.0505. The lowest BCUT2D eigenvalue weighted by Crippen LogP contribution is -2.08. The van der Waals surface area contributed by atoms with Crippen molar-refractivity contribution in [2.75, 3.05) is 6.61 Å². The SMILES string of the molecule is N=C(N)c1cnc(CCOc2cccc(Cl)c2)s1. The number of amidine groups is 1. The molecule has 1 aromatic carbocycles. The summed E-state index contributed by atoms with van der Waals surface area (Å²) in [5.74, 6) is 0.792. The van der Waals surface area contributed by atoms with Crippen LogP contribution in [0.2, 0.25) is 5.02 Å².